The van der Waals surface area contributed by atoms with Gasteiger partial charge < -0.3 is 10.3 Å². The van der Waals surface area contributed by atoms with Crippen molar-refractivity contribution in [3.05, 3.63) is 24.1 Å². The minimum absolute atomic E-state index is 0.440. The highest BCUT2D eigenvalue weighted by atomic mass is 16.5. The summed E-state index contributed by atoms with van der Waals surface area (Å²) in [6.07, 6.45) is 2.90. The van der Waals surface area contributed by atoms with Gasteiger partial charge in [0.15, 0.2) is 0 Å². The maximum absolute atomic E-state index is 6.13. The summed E-state index contributed by atoms with van der Waals surface area (Å²) in [5.74, 6) is 0.440. The predicted molar refractivity (Wildman–Crippen MR) is 60.2 cm³/mol. The highest BCUT2D eigenvalue weighted by Gasteiger charge is 2.17. The van der Waals surface area contributed by atoms with Gasteiger partial charge in [0.25, 0.3) is 0 Å². The number of nitrogens with zero attached hydrogens (tertiary/aromatic N) is 5. The number of imidazole rings is 1. The molecule has 0 fully saturated rings. The number of aryl methyl sites for hydroxylation is 2. The molecule has 17 heavy (non-hydrogen) atoms. The lowest BCUT2D eigenvalue weighted by molar-refractivity contribution is 0.418. The molecule has 0 atom stereocenters. The second kappa shape index (κ2) is 3.27. The van der Waals surface area contributed by atoms with Crippen molar-refractivity contribution in [1.82, 2.24) is 24.7 Å². The van der Waals surface area contributed by atoms with E-state index in [1.807, 2.05) is 13.8 Å². The van der Waals surface area contributed by atoms with Crippen LogP contribution in [0.15, 0.2) is 17.2 Å². The molecule has 0 radical (unpaired) electrons. The summed E-state index contributed by atoms with van der Waals surface area (Å²) in [5, 5.41) is 8.16. The van der Waals surface area contributed by atoms with E-state index < -0.39 is 0 Å². The monoisotopic (exact) mass is 230 g/mol. The lowest BCUT2D eigenvalue weighted by atomic mass is 10.1. The summed E-state index contributed by atoms with van der Waals surface area (Å²) in [5.41, 5.74) is 9.71. The predicted octanol–water partition coefficient (Wildman–Crippen LogP) is 0.978. The third kappa shape index (κ3) is 1.28. The molecule has 7 nitrogen and oxygen atoms in total. The van der Waals surface area contributed by atoms with Crippen LogP contribution < -0.4 is 5.73 Å². The molecular formula is C10H10N6O. The van der Waals surface area contributed by atoms with Gasteiger partial charge in [0.1, 0.15) is 11.8 Å². The van der Waals surface area contributed by atoms with Gasteiger partial charge >= 0.3 is 0 Å². The Hall–Kier alpha value is -2.44. The Kier molecular flexibility index (Phi) is 1.88. The Morgan fingerprint density at radius 1 is 1.24 bits per heavy atom. The molecule has 86 valence electrons. The van der Waals surface area contributed by atoms with Crippen LogP contribution in [0, 0.1) is 13.8 Å². The van der Waals surface area contributed by atoms with E-state index in [1.165, 1.54) is 6.39 Å². The summed E-state index contributed by atoms with van der Waals surface area (Å²) in [6.45, 7) is 3.72. The van der Waals surface area contributed by atoms with Gasteiger partial charge in [0.05, 0.1) is 22.6 Å². The summed E-state index contributed by atoms with van der Waals surface area (Å²) in [7, 11) is 0. The van der Waals surface area contributed by atoms with Crippen LogP contribution >= 0.6 is 0 Å². The quantitative estimate of drug-likeness (QED) is 0.669. The minimum Gasteiger partial charge on any atom is -0.396 e. The summed E-state index contributed by atoms with van der Waals surface area (Å²) >= 11 is 0. The van der Waals surface area contributed by atoms with Gasteiger partial charge in [-0.3, -0.25) is 0 Å². The van der Waals surface area contributed by atoms with Crippen LogP contribution in [0.2, 0.25) is 0 Å². The fourth-order valence-electron chi connectivity index (χ4n) is 1.91. The maximum Gasteiger partial charge on any atom is 0.214 e. The highest BCUT2D eigenvalue weighted by molar-refractivity contribution is 5.86. The largest absolute Gasteiger partial charge is 0.396 e. The third-order valence-corrected chi connectivity index (χ3v) is 2.66. The third-order valence-electron chi connectivity index (χ3n) is 2.66. The fraction of sp³-hybridized carbons (Fsp3) is 0.200. The number of nitrogens with two attached hydrogens (primary N) is 1. The van der Waals surface area contributed by atoms with E-state index in [0.29, 0.717) is 17.1 Å². The first-order valence-corrected chi connectivity index (χ1v) is 5.05. The fourth-order valence-corrected chi connectivity index (χ4v) is 1.91. The van der Waals surface area contributed by atoms with E-state index in [0.717, 1.165) is 16.9 Å². The molecule has 0 saturated heterocycles. The van der Waals surface area contributed by atoms with Gasteiger partial charge in [0.2, 0.25) is 12.2 Å². The van der Waals surface area contributed by atoms with Crippen molar-refractivity contribution in [2.24, 2.45) is 0 Å². The zero-order valence-electron chi connectivity index (χ0n) is 9.38. The standard InChI is InChI=1S/C10H10N6O/c1-5-7(10-13-4-17-15-10)8(11)9-6(2)12-3-16(9)14-5/h3-4H,11H2,1-2H3. The SMILES string of the molecule is Cc1nn2cnc(C)c2c(N)c1-c1ncon1. The molecule has 3 aromatic rings. The molecule has 0 amide bonds. The molecule has 0 aliphatic rings. The Bertz CT molecular complexity index is 684. The Labute approximate surface area is 96.3 Å². The van der Waals surface area contributed by atoms with Crippen LogP contribution in [0.1, 0.15) is 11.4 Å². The number of anilines is 1. The smallest absolute Gasteiger partial charge is 0.214 e. The molecule has 0 spiro atoms. The van der Waals surface area contributed by atoms with E-state index in [2.05, 4.69) is 20.2 Å². The molecule has 0 unspecified atom stereocenters. The molecule has 0 aliphatic heterocycles. The number of nitrogen functional groups attached to an aromatic ring is 1. The second-order valence-corrected chi connectivity index (χ2v) is 3.75. The van der Waals surface area contributed by atoms with Crippen molar-refractivity contribution in [2.45, 2.75) is 13.8 Å². The van der Waals surface area contributed by atoms with Crippen LogP contribution in [0.5, 0.6) is 0 Å². The van der Waals surface area contributed by atoms with Crippen molar-refractivity contribution in [2.75, 3.05) is 5.73 Å². The summed E-state index contributed by atoms with van der Waals surface area (Å²) < 4.78 is 6.39. The molecule has 7 heteroatoms. The van der Waals surface area contributed by atoms with Crippen LogP contribution in [-0.4, -0.2) is 24.7 Å². The van der Waals surface area contributed by atoms with Gasteiger partial charge in [-0.05, 0) is 13.8 Å². The van der Waals surface area contributed by atoms with Gasteiger partial charge in [-0.25, -0.2) is 9.50 Å². The van der Waals surface area contributed by atoms with Crippen LogP contribution in [0.4, 0.5) is 5.69 Å². The normalized spacial score (nSPS) is 11.2. The Morgan fingerprint density at radius 2 is 2.06 bits per heavy atom. The molecule has 3 aromatic heterocycles. The average Bonchev–Trinajstić information content (AvgIpc) is 2.89. The molecule has 0 bridgehead atoms. The first-order valence-electron chi connectivity index (χ1n) is 5.05. The number of aromatic nitrogens is 5. The van der Waals surface area contributed by atoms with Crippen molar-refractivity contribution in [1.29, 1.82) is 0 Å². The van der Waals surface area contributed by atoms with Crippen molar-refractivity contribution < 1.29 is 4.52 Å². The number of hydrogen-bond acceptors (Lipinski definition) is 6. The average molecular weight is 230 g/mol. The maximum atomic E-state index is 6.13. The Morgan fingerprint density at radius 3 is 2.76 bits per heavy atom. The summed E-state index contributed by atoms with van der Waals surface area (Å²) in [6, 6.07) is 0. The zero-order valence-corrected chi connectivity index (χ0v) is 9.38. The van der Waals surface area contributed by atoms with Gasteiger partial charge in [-0.1, -0.05) is 5.16 Å². The number of hydrogen-bond donors (Lipinski definition) is 1. The molecule has 3 rings (SSSR count). The van der Waals surface area contributed by atoms with Gasteiger partial charge in [0, 0.05) is 0 Å². The van der Waals surface area contributed by atoms with E-state index in [-0.39, 0.29) is 0 Å². The molecule has 0 aliphatic carbocycles. The van der Waals surface area contributed by atoms with E-state index in [1.54, 1.807) is 10.8 Å². The Balaban J connectivity index is 2.42. The van der Waals surface area contributed by atoms with Crippen molar-refractivity contribution in [3.63, 3.8) is 0 Å². The van der Waals surface area contributed by atoms with Crippen LogP contribution in [0.3, 0.4) is 0 Å². The highest BCUT2D eigenvalue weighted by Crippen LogP contribution is 2.29. The molecule has 2 N–H and O–H groups in total. The van der Waals surface area contributed by atoms with Gasteiger partial charge in [-0.15, -0.1) is 0 Å². The van der Waals surface area contributed by atoms with E-state index >= 15 is 0 Å². The lowest BCUT2D eigenvalue weighted by Gasteiger charge is -2.07. The first kappa shape index (κ1) is 9.76. The molecule has 0 aromatic carbocycles. The molecule has 0 saturated carbocycles. The van der Waals surface area contributed by atoms with Crippen LogP contribution in [0.25, 0.3) is 16.9 Å². The van der Waals surface area contributed by atoms with Crippen molar-refractivity contribution in [3.8, 4) is 11.4 Å². The number of fused-ring (bicyclic) bond motifs is 1. The van der Waals surface area contributed by atoms with E-state index in [9.17, 15) is 0 Å². The zero-order chi connectivity index (χ0) is 12.0. The van der Waals surface area contributed by atoms with Crippen molar-refractivity contribution >= 4 is 11.2 Å². The number of rotatable bonds is 1. The van der Waals surface area contributed by atoms with Gasteiger partial charge in [-0.2, -0.15) is 10.1 Å². The lowest BCUT2D eigenvalue weighted by Crippen LogP contribution is -2.03. The minimum atomic E-state index is 0.440. The second-order valence-electron chi connectivity index (χ2n) is 3.75. The summed E-state index contributed by atoms with van der Waals surface area (Å²) in [4.78, 5) is 8.18. The first-order chi connectivity index (χ1) is 8.18. The molecular weight excluding hydrogens is 220 g/mol. The van der Waals surface area contributed by atoms with Crippen LogP contribution in [-0.2, 0) is 0 Å². The van der Waals surface area contributed by atoms with E-state index in [4.69, 9.17) is 10.3 Å². The topological polar surface area (TPSA) is 95.1 Å². The molecule has 3 heterocycles.